The number of rotatable bonds is 8. The number of fused-ring (bicyclic) bond motifs is 1. The lowest BCUT2D eigenvalue weighted by Gasteiger charge is -2.18. The lowest BCUT2D eigenvalue weighted by molar-refractivity contribution is 0.0924. The summed E-state index contributed by atoms with van der Waals surface area (Å²) in [6, 6.07) is 12.0. The number of amides is 2. The van der Waals surface area contributed by atoms with Crippen LogP contribution in [0.5, 0.6) is 5.75 Å². The van der Waals surface area contributed by atoms with E-state index in [2.05, 4.69) is 20.4 Å². The van der Waals surface area contributed by atoms with Crippen molar-refractivity contribution >= 4 is 17.3 Å². The Bertz CT molecular complexity index is 1850. The first kappa shape index (κ1) is 27.0. The molecule has 0 bridgehead atoms. The van der Waals surface area contributed by atoms with Gasteiger partial charge < -0.3 is 15.8 Å². The smallest absolute Gasteiger partial charge is 0.255 e. The highest BCUT2D eigenvalue weighted by molar-refractivity contribution is 6.05. The molecule has 1 saturated carbocycles. The molecule has 1 fully saturated rings. The summed E-state index contributed by atoms with van der Waals surface area (Å²) < 4.78 is 36.3. The van der Waals surface area contributed by atoms with Crippen LogP contribution in [0, 0.1) is 18.6 Å². The first-order valence-corrected chi connectivity index (χ1v) is 13.2. The SMILES string of the molecule is COc1cc(C)c(Cc2ccn3nc(-c4ccc(F)cc4)c(C(N)=O)c3c2F)cc1C(=O)NC1(c2ncccn2)CC1. The Hall–Kier alpha value is -5.19. The third-order valence-electron chi connectivity index (χ3n) is 7.56. The van der Waals surface area contributed by atoms with E-state index in [-0.39, 0.29) is 34.7 Å². The summed E-state index contributed by atoms with van der Waals surface area (Å²) >= 11 is 0. The van der Waals surface area contributed by atoms with Crippen LogP contribution < -0.4 is 15.8 Å². The molecule has 3 N–H and O–H groups in total. The Morgan fingerprint density at radius 1 is 1.07 bits per heavy atom. The molecule has 0 atom stereocenters. The van der Waals surface area contributed by atoms with Gasteiger partial charge in [0.2, 0.25) is 0 Å². The molecule has 9 nitrogen and oxygen atoms in total. The van der Waals surface area contributed by atoms with Crippen molar-refractivity contribution in [3.63, 3.8) is 0 Å². The number of carbonyl (C=O) groups excluding carboxylic acids is 2. The molecule has 11 heteroatoms. The summed E-state index contributed by atoms with van der Waals surface area (Å²) in [6.45, 7) is 1.84. The zero-order valence-electron chi connectivity index (χ0n) is 22.8. The van der Waals surface area contributed by atoms with Crippen LogP contribution >= 0.6 is 0 Å². The highest BCUT2D eigenvalue weighted by atomic mass is 19.1. The fourth-order valence-corrected chi connectivity index (χ4v) is 5.15. The molecule has 1 aliphatic rings. The Morgan fingerprint density at radius 3 is 2.43 bits per heavy atom. The Labute approximate surface area is 239 Å². The summed E-state index contributed by atoms with van der Waals surface area (Å²) in [5, 5.41) is 7.42. The summed E-state index contributed by atoms with van der Waals surface area (Å²) in [7, 11) is 1.48. The summed E-state index contributed by atoms with van der Waals surface area (Å²) in [6.07, 6.45) is 6.34. The number of aromatic nitrogens is 4. The number of ether oxygens (including phenoxy) is 1. The normalized spacial score (nSPS) is 13.6. The van der Waals surface area contributed by atoms with Crippen LogP contribution in [-0.4, -0.2) is 38.5 Å². The standard InChI is InChI=1S/C31H26F2N6O3/c1-17-14-23(42-2)22(29(41)37-31(9-10-31)30-35-11-3-12-36-30)16-20(17)15-19-8-13-39-27(25(19)33)24(28(34)40)26(38-39)18-4-6-21(32)7-5-18/h3-8,11-14,16H,9-10,15H2,1-2H3,(H2,34,40)(H,37,41). The van der Waals surface area contributed by atoms with Gasteiger partial charge in [0.1, 0.15) is 28.3 Å². The van der Waals surface area contributed by atoms with Gasteiger partial charge in [-0.15, -0.1) is 0 Å². The van der Waals surface area contributed by atoms with E-state index in [1.807, 2.05) is 6.92 Å². The number of benzene rings is 2. The van der Waals surface area contributed by atoms with Gasteiger partial charge in [-0.1, -0.05) is 0 Å². The van der Waals surface area contributed by atoms with Crippen LogP contribution in [-0.2, 0) is 12.0 Å². The van der Waals surface area contributed by atoms with Crippen molar-refractivity contribution in [2.75, 3.05) is 7.11 Å². The fourth-order valence-electron chi connectivity index (χ4n) is 5.15. The molecule has 212 valence electrons. The van der Waals surface area contributed by atoms with E-state index in [4.69, 9.17) is 10.5 Å². The number of carbonyl (C=O) groups is 2. The minimum Gasteiger partial charge on any atom is -0.496 e. The molecular weight excluding hydrogens is 542 g/mol. The largest absolute Gasteiger partial charge is 0.496 e. The number of methoxy groups -OCH3 is 1. The lowest BCUT2D eigenvalue weighted by atomic mass is 9.96. The van der Waals surface area contributed by atoms with E-state index in [1.54, 1.807) is 36.7 Å². The Morgan fingerprint density at radius 2 is 1.79 bits per heavy atom. The third kappa shape index (κ3) is 4.72. The molecule has 42 heavy (non-hydrogen) atoms. The molecular formula is C31H26F2N6O3. The number of nitrogens with one attached hydrogen (secondary N) is 1. The summed E-state index contributed by atoms with van der Waals surface area (Å²) in [5.41, 5.74) is 7.45. The number of hydrogen-bond donors (Lipinski definition) is 2. The van der Waals surface area contributed by atoms with Crippen molar-refractivity contribution < 1.29 is 23.1 Å². The zero-order valence-corrected chi connectivity index (χ0v) is 22.8. The average molecular weight is 569 g/mol. The number of pyridine rings is 1. The Kier molecular flexibility index (Phi) is 6.64. The second-order valence-electron chi connectivity index (χ2n) is 10.3. The van der Waals surface area contributed by atoms with E-state index in [1.165, 1.54) is 42.1 Å². The van der Waals surface area contributed by atoms with Gasteiger partial charge in [0, 0.05) is 30.6 Å². The predicted molar refractivity (Wildman–Crippen MR) is 150 cm³/mol. The number of aryl methyl sites for hydroxylation is 1. The van der Waals surface area contributed by atoms with Crippen molar-refractivity contribution in [2.45, 2.75) is 31.7 Å². The topological polar surface area (TPSA) is 124 Å². The van der Waals surface area contributed by atoms with Crippen molar-refractivity contribution in [3.8, 4) is 17.0 Å². The first-order chi connectivity index (χ1) is 20.2. The molecule has 0 saturated heterocycles. The van der Waals surface area contributed by atoms with Gasteiger partial charge in [0.15, 0.2) is 11.6 Å². The van der Waals surface area contributed by atoms with Crippen LogP contribution in [0.1, 0.15) is 56.1 Å². The monoisotopic (exact) mass is 568 g/mol. The Balaban J connectivity index is 1.37. The van der Waals surface area contributed by atoms with Crippen LogP contribution in [0.3, 0.4) is 0 Å². The van der Waals surface area contributed by atoms with Gasteiger partial charge >= 0.3 is 0 Å². The molecule has 3 aromatic heterocycles. The molecule has 0 unspecified atom stereocenters. The van der Waals surface area contributed by atoms with Crippen molar-refractivity contribution in [3.05, 3.63) is 112 Å². The molecule has 2 aromatic carbocycles. The minimum absolute atomic E-state index is 0.0815. The lowest BCUT2D eigenvalue weighted by Crippen LogP contribution is -2.36. The van der Waals surface area contributed by atoms with Gasteiger partial charge in [-0.05, 0) is 85.0 Å². The van der Waals surface area contributed by atoms with E-state index in [9.17, 15) is 14.0 Å². The molecule has 2 amide bonds. The number of nitrogens with zero attached hydrogens (tertiary/aromatic N) is 4. The van der Waals surface area contributed by atoms with Gasteiger partial charge in [-0.3, -0.25) is 9.59 Å². The molecule has 3 heterocycles. The number of nitrogens with two attached hydrogens (primary N) is 1. The van der Waals surface area contributed by atoms with E-state index < -0.39 is 23.1 Å². The maximum Gasteiger partial charge on any atom is 0.255 e. The molecule has 5 aromatic rings. The van der Waals surface area contributed by atoms with Crippen LogP contribution in [0.4, 0.5) is 8.78 Å². The average Bonchev–Trinajstić information content (AvgIpc) is 3.66. The number of primary amides is 1. The predicted octanol–water partition coefficient (Wildman–Crippen LogP) is 4.50. The van der Waals surface area contributed by atoms with E-state index in [0.717, 1.165) is 5.56 Å². The molecule has 0 radical (unpaired) electrons. The number of halogens is 2. The molecule has 0 aliphatic heterocycles. The highest BCUT2D eigenvalue weighted by Crippen LogP contribution is 2.44. The zero-order chi connectivity index (χ0) is 29.6. The van der Waals surface area contributed by atoms with Gasteiger partial charge in [0.05, 0.1) is 18.2 Å². The summed E-state index contributed by atoms with van der Waals surface area (Å²) in [4.78, 5) is 34.6. The van der Waals surface area contributed by atoms with Gasteiger partial charge in [-0.25, -0.2) is 23.3 Å². The summed E-state index contributed by atoms with van der Waals surface area (Å²) in [5.74, 6) is -1.43. The van der Waals surface area contributed by atoms with Crippen LogP contribution in [0.2, 0.25) is 0 Å². The maximum absolute atomic E-state index is 16.1. The van der Waals surface area contributed by atoms with Crippen molar-refractivity contribution in [1.29, 1.82) is 0 Å². The maximum atomic E-state index is 16.1. The van der Waals surface area contributed by atoms with Gasteiger partial charge in [-0.2, -0.15) is 5.10 Å². The molecule has 1 aliphatic carbocycles. The van der Waals surface area contributed by atoms with E-state index >= 15 is 4.39 Å². The third-order valence-corrected chi connectivity index (χ3v) is 7.56. The number of hydrogen-bond acceptors (Lipinski definition) is 6. The molecule has 6 rings (SSSR count). The van der Waals surface area contributed by atoms with Crippen LogP contribution in [0.15, 0.2) is 67.1 Å². The second-order valence-corrected chi connectivity index (χ2v) is 10.3. The molecule has 0 spiro atoms. The van der Waals surface area contributed by atoms with Crippen LogP contribution in [0.25, 0.3) is 16.8 Å². The fraction of sp³-hybridized carbons (Fsp3) is 0.194. The second kappa shape index (κ2) is 10.3. The quantitative estimate of drug-likeness (QED) is 0.284. The minimum atomic E-state index is -0.864. The van der Waals surface area contributed by atoms with Crippen molar-refractivity contribution in [1.82, 2.24) is 24.9 Å². The van der Waals surface area contributed by atoms with Gasteiger partial charge in [0.25, 0.3) is 11.8 Å². The highest BCUT2D eigenvalue weighted by Gasteiger charge is 2.48. The van der Waals surface area contributed by atoms with E-state index in [0.29, 0.717) is 41.1 Å². The van der Waals surface area contributed by atoms with Crippen molar-refractivity contribution in [2.24, 2.45) is 5.73 Å². The first-order valence-electron chi connectivity index (χ1n) is 13.2.